The van der Waals surface area contributed by atoms with Crippen LogP contribution in [0.15, 0.2) is 49.3 Å². The third kappa shape index (κ3) is 4.41. The highest BCUT2D eigenvalue weighted by Gasteiger charge is 2.32. The molecule has 3 aromatic rings. The fourth-order valence-corrected chi connectivity index (χ4v) is 4.64. The molecule has 34 heavy (non-hydrogen) atoms. The monoisotopic (exact) mass is 460 g/mol. The van der Waals surface area contributed by atoms with Crippen LogP contribution in [0.25, 0.3) is 10.9 Å². The largest absolute Gasteiger partial charge is 0.493 e. The highest BCUT2D eigenvalue weighted by atomic mass is 16.5. The predicted octanol–water partition coefficient (Wildman–Crippen LogP) is 3.96. The van der Waals surface area contributed by atoms with Crippen LogP contribution in [0.1, 0.15) is 42.9 Å². The Kier molecular flexibility index (Phi) is 6.06. The van der Waals surface area contributed by atoms with E-state index in [2.05, 4.69) is 33.2 Å². The van der Waals surface area contributed by atoms with Gasteiger partial charge in [-0.25, -0.2) is 9.97 Å². The summed E-state index contributed by atoms with van der Waals surface area (Å²) in [4.78, 5) is 20.4. The van der Waals surface area contributed by atoms with E-state index in [1.165, 1.54) is 12.4 Å². The number of methoxy groups -OCH3 is 1. The normalized spacial score (nSPS) is 21.2. The van der Waals surface area contributed by atoms with Gasteiger partial charge < -0.3 is 25.2 Å². The lowest BCUT2D eigenvalue weighted by Gasteiger charge is -2.35. The Hall–Kier alpha value is -3.65. The van der Waals surface area contributed by atoms with E-state index in [0.717, 1.165) is 59.8 Å². The van der Waals surface area contributed by atoms with Crippen molar-refractivity contribution in [3.05, 3.63) is 60.4 Å². The number of anilines is 2. The Morgan fingerprint density at radius 1 is 1.21 bits per heavy atom. The van der Waals surface area contributed by atoms with Crippen molar-refractivity contribution >= 4 is 28.3 Å². The molecule has 2 aromatic carbocycles. The summed E-state index contributed by atoms with van der Waals surface area (Å²) < 4.78 is 11.8. The number of nitrogens with zero attached hydrogens (tertiary/aromatic N) is 2. The molecule has 1 heterocycles. The van der Waals surface area contributed by atoms with Gasteiger partial charge in [0.25, 0.3) is 0 Å². The standard InChI is InChI=1S/C26H28N4O4/c1-3-25(32)29-17-10-18(11-17)34-24-12-20-21(13-23(24)33-2)27-14-28-26(20)30-16-7-8-19-15(9-16)5-4-6-22(19)31/h3,7-9,12-14,17-18,22,31H,1,4-6,10-11H2,2H3,(H,29,32)(H,27,28,30). The lowest BCUT2D eigenvalue weighted by molar-refractivity contribution is -0.118. The molecule has 5 rings (SSSR count). The molecule has 2 aliphatic rings. The zero-order chi connectivity index (χ0) is 23.7. The maximum Gasteiger partial charge on any atom is 0.243 e. The topological polar surface area (TPSA) is 106 Å². The summed E-state index contributed by atoms with van der Waals surface area (Å²) in [7, 11) is 1.60. The molecule has 176 valence electrons. The molecule has 1 saturated carbocycles. The smallest absolute Gasteiger partial charge is 0.243 e. The van der Waals surface area contributed by atoms with E-state index in [-0.39, 0.29) is 24.2 Å². The molecule has 0 spiro atoms. The van der Waals surface area contributed by atoms with Gasteiger partial charge in [-0.05, 0) is 54.7 Å². The molecule has 8 nitrogen and oxygen atoms in total. The van der Waals surface area contributed by atoms with Crippen LogP contribution in [0.4, 0.5) is 11.5 Å². The molecule has 1 unspecified atom stereocenters. The summed E-state index contributed by atoms with van der Waals surface area (Å²) in [5.41, 5.74) is 3.81. The molecule has 0 aliphatic heterocycles. The molecule has 1 aromatic heterocycles. The molecule has 3 N–H and O–H groups in total. The number of aliphatic hydroxyl groups excluding tert-OH is 1. The van der Waals surface area contributed by atoms with Gasteiger partial charge in [-0.2, -0.15) is 0 Å². The van der Waals surface area contributed by atoms with E-state index in [0.29, 0.717) is 17.3 Å². The van der Waals surface area contributed by atoms with E-state index in [9.17, 15) is 9.90 Å². The van der Waals surface area contributed by atoms with Gasteiger partial charge in [0, 0.05) is 36.0 Å². The number of rotatable bonds is 7. The summed E-state index contributed by atoms with van der Waals surface area (Å²) in [5, 5.41) is 17.3. The van der Waals surface area contributed by atoms with Crippen LogP contribution in [0, 0.1) is 0 Å². The molecule has 1 fully saturated rings. The summed E-state index contributed by atoms with van der Waals surface area (Å²) >= 11 is 0. The summed E-state index contributed by atoms with van der Waals surface area (Å²) in [6, 6.07) is 9.86. The van der Waals surface area contributed by atoms with Crippen LogP contribution in [-0.2, 0) is 11.2 Å². The van der Waals surface area contributed by atoms with Gasteiger partial charge in [-0.3, -0.25) is 4.79 Å². The molecule has 0 saturated heterocycles. The van der Waals surface area contributed by atoms with Crippen LogP contribution < -0.4 is 20.1 Å². The van der Waals surface area contributed by atoms with Gasteiger partial charge in [0.05, 0.1) is 18.7 Å². The van der Waals surface area contributed by atoms with Crippen LogP contribution in [0.2, 0.25) is 0 Å². The number of ether oxygens (including phenoxy) is 2. The molecular formula is C26H28N4O4. The van der Waals surface area contributed by atoms with Crippen LogP contribution in [0.3, 0.4) is 0 Å². The zero-order valence-corrected chi connectivity index (χ0v) is 19.1. The molecule has 0 radical (unpaired) electrons. The lowest BCUT2D eigenvalue weighted by atomic mass is 9.89. The van der Waals surface area contributed by atoms with Gasteiger partial charge in [-0.1, -0.05) is 12.6 Å². The molecule has 8 heteroatoms. The molecule has 0 bridgehead atoms. The number of fused-ring (bicyclic) bond motifs is 2. The summed E-state index contributed by atoms with van der Waals surface area (Å²) in [5.74, 6) is 1.70. The van der Waals surface area contributed by atoms with Gasteiger partial charge in [-0.15, -0.1) is 0 Å². The Balaban J connectivity index is 1.38. The minimum Gasteiger partial charge on any atom is -0.493 e. The van der Waals surface area contributed by atoms with Gasteiger partial charge in [0.15, 0.2) is 11.5 Å². The lowest BCUT2D eigenvalue weighted by Crippen LogP contribution is -2.48. The SMILES string of the molecule is C=CC(=O)NC1CC(Oc2cc3c(Nc4ccc5c(c4)CCCC5O)ncnc3cc2OC)C1. The van der Waals surface area contributed by atoms with E-state index >= 15 is 0 Å². The Morgan fingerprint density at radius 2 is 2.06 bits per heavy atom. The van der Waals surface area contributed by atoms with Crippen molar-refractivity contribution < 1.29 is 19.4 Å². The van der Waals surface area contributed by atoms with Gasteiger partial charge >= 0.3 is 0 Å². The number of hydrogen-bond donors (Lipinski definition) is 3. The van der Waals surface area contributed by atoms with Gasteiger partial charge in [0.1, 0.15) is 18.2 Å². The number of aliphatic hydroxyl groups is 1. The first-order chi connectivity index (χ1) is 16.5. The number of nitrogens with one attached hydrogen (secondary N) is 2. The third-order valence-corrected chi connectivity index (χ3v) is 6.53. The van der Waals surface area contributed by atoms with Crippen molar-refractivity contribution in [1.82, 2.24) is 15.3 Å². The second-order valence-electron chi connectivity index (χ2n) is 8.81. The minimum absolute atomic E-state index is 0.0189. The first-order valence-corrected chi connectivity index (χ1v) is 11.5. The van der Waals surface area contributed by atoms with E-state index < -0.39 is 0 Å². The molecule has 1 amide bonds. The van der Waals surface area contributed by atoms with Crippen LogP contribution in [-0.4, -0.2) is 40.2 Å². The zero-order valence-electron chi connectivity index (χ0n) is 19.1. The Bertz CT molecular complexity index is 1240. The average molecular weight is 461 g/mol. The van der Waals surface area contributed by atoms with E-state index in [1.54, 1.807) is 7.11 Å². The summed E-state index contributed by atoms with van der Waals surface area (Å²) in [6.07, 6.45) is 6.58. The number of benzene rings is 2. The third-order valence-electron chi connectivity index (χ3n) is 6.53. The molecular weight excluding hydrogens is 432 g/mol. The number of aromatic nitrogens is 2. The number of carbonyl (C=O) groups excluding carboxylic acids is 1. The van der Waals surface area contributed by atoms with Crippen molar-refractivity contribution in [2.75, 3.05) is 12.4 Å². The minimum atomic E-state index is -0.388. The highest BCUT2D eigenvalue weighted by molar-refractivity contribution is 5.93. The number of hydrogen-bond acceptors (Lipinski definition) is 7. The van der Waals surface area contributed by atoms with E-state index in [1.807, 2.05) is 24.3 Å². The molecule has 2 aliphatic carbocycles. The molecule has 1 atom stereocenters. The predicted molar refractivity (Wildman–Crippen MR) is 129 cm³/mol. The fraction of sp³-hybridized carbons (Fsp3) is 0.346. The number of carbonyl (C=O) groups is 1. The Labute approximate surface area is 198 Å². The quantitative estimate of drug-likeness (QED) is 0.458. The number of amides is 1. The van der Waals surface area contributed by atoms with Crippen LogP contribution in [0.5, 0.6) is 11.5 Å². The number of aryl methyl sites for hydroxylation is 1. The van der Waals surface area contributed by atoms with Crippen LogP contribution >= 0.6 is 0 Å². The van der Waals surface area contributed by atoms with Crippen molar-refractivity contribution in [2.45, 2.75) is 50.4 Å². The highest BCUT2D eigenvalue weighted by Crippen LogP contribution is 2.38. The van der Waals surface area contributed by atoms with Crippen molar-refractivity contribution in [2.24, 2.45) is 0 Å². The maximum atomic E-state index is 11.5. The van der Waals surface area contributed by atoms with Crippen molar-refractivity contribution in [3.8, 4) is 11.5 Å². The van der Waals surface area contributed by atoms with Gasteiger partial charge in [0.2, 0.25) is 5.91 Å². The Morgan fingerprint density at radius 3 is 2.85 bits per heavy atom. The maximum absolute atomic E-state index is 11.5. The summed E-state index contributed by atoms with van der Waals surface area (Å²) in [6.45, 7) is 3.48. The fourth-order valence-electron chi connectivity index (χ4n) is 4.64. The average Bonchev–Trinajstić information content (AvgIpc) is 2.82. The van der Waals surface area contributed by atoms with E-state index in [4.69, 9.17) is 9.47 Å². The first kappa shape index (κ1) is 22.2. The van der Waals surface area contributed by atoms with Crippen molar-refractivity contribution in [3.63, 3.8) is 0 Å². The first-order valence-electron chi connectivity index (χ1n) is 11.5. The van der Waals surface area contributed by atoms with Crippen molar-refractivity contribution in [1.29, 1.82) is 0 Å². The second kappa shape index (κ2) is 9.30. The second-order valence-corrected chi connectivity index (χ2v) is 8.81.